The molecule has 0 radical (unpaired) electrons. The molecule has 0 saturated heterocycles. The molecule has 1 heterocycles. The number of hydrogen-bond donors (Lipinski definition) is 0. The van der Waals surface area contributed by atoms with Crippen LogP contribution in [0.2, 0.25) is 0 Å². The van der Waals surface area contributed by atoms with Crippen LogP contribution in [0.3, 0.4) is 0 Å². The van der Waals surface area contributed by atoms with Crippen molar-refractivity contribution in [2.75, 3.05) is 0 Å². The van der Waals surface area contributed by atoms with Crippen molar-refractivity contribution in [3.05, 3.63) is 193 Å². The first-order valence-corrected chi connectivity index (χ1v) is 19.3. The average molecular weight is 693 g/mol. The summed E-state index contributed by atoms with van der Waals surface area (Å²) in [6.45, 7) is 0. The second-order valence-electron chi connectivity index (χ2n) is 14.8. The zero-order valence-corrected chi connectivity index (χ0v) is 30.3. The maximum atomic E-state index is 5.10. The number of rotatable bonds is 6. The quantitative estimate of drug-likeness (QED) is 0.173. The van der Waals surface area contributed by atoms with Crippen LogP contribution in [-0.4, -0.2) is 9.97 Å². The Morgan fingerprint density at radius 3 is 1.50 bits per heavy atom. The third-order valence-electron chi connectivity index (χ3n) is 11.7. The highest BCUT2D eigenvalue weighted by Crippen LogP contribution is 2.58. The lowest BCUT2D eigenvalue weighted by Crippen LogP contribution is -2.28. The Morgan fingerprint density at radius 2 is 0.815 bits per heavy atom. The van der Waals surface area contributed by atoms with Crippen LogP contribution in [-0.2, 0) is 5.41 Å². The van der Waals surface area contributed by atoms with Gasteiger partial charge in [-0.2, -0.15) is 0 Å². The maximum Gasteiger partial charge on any atom is 0.160 e. The van der Waals surface area contributed by atoms with Gasteiger partial charge in [0.05, 0.1) is 11.4 Å². The van der Waals surface area contributed by atoms with Gasteiger partial charge in [-0.05, 0) is 80.6 Å². The molecule has 7 aromatic carbocycles. The summed E-state index contributed by atoms with van der Waals surface area (Å²) in [7, 11) is 0. The zero-order chi connectivity index (χ0) is 35.9. The topological polar surface area (TPSA) is 25.8 Å². The Hall–Kier alpha value is -6.38. The van der Waals surface area contributed by atoms with E-state index in [1.165, 1.54) is 82.2 Å². The van der Waals surface area contributed by atoms with Crippen molar-refractivity contribution in [3.63, 3.8) is 0 Å². The molecule has 2 aliphatic carbocycles. The Kier molecular flexibility index (Phi) is 8.10. The molecule has 0 unspecified atom stereocenters. The number of nitrogens with zero attached hydrogens (tertiary/aromatic N) is 2. The summed E-state index contributed by atoms with van der Waals surface area (Å²) in [5.41, 5.74) is 18.4. The summed E-state index contributed by atoms with van der Waals surface area (Å²) in [6, 6.07) is 65.7. The maximum absolute atomic E-state index is 5.10. The van der Waals surface area contributed by atoms with Gasteiger partial charge in [-0.1, -0.05) is 189 Å². The molecule has 0 atom stereocenters. The van der Waals surface area contributed by atoms with Crippen LogP contribution in [0, 0.1) is 0 Å². The minimum atomic E-state index is 0.108. The number of benzene rings is 7. The van der Waals surface area contributed by atoms with E-state index in [1.54, 1.807) is 5.56 Å². The summed E-state index contributed by atoms with van der Waals surface area (Å²) in [6.07, 6.45) is 6.36. The summed E-state index contributed by atoms with van der Waals surface area (Å²) >= 11 is 0. The van der Waals surface area contributed by atoms with E-state index in [-0.39, 0.29) is 5.41 Å². The molecule has 2 heteroatoms. The highest BCUT2D eigenvalue weighted by Gasteiger charge is 2.45. The standard InChI is InChI=1S/C52H40N2/c1-4-14-36(15-5-1)37-24-28-39(29-25-37)48-35-49(54-51(53-48)41-16-6-2-7-17-41)40-30-26-38(27-31-40)42-18-12-19-43(34-42)44-21-13-22-46-45-20-8-9-23-47(45)52(50(44)46)32-10-3-11-33-52/h1-2,4-9,12-31,34-35H,3,10-11,32-33H2. The molecule has 0 aliphatic heterocycles. The monoisotopic (exact) mass is 692 g/mol. The summed E-state index contributed by atoms with van der Waals surface area (Å²) < 4.78 is 0. The first-order valence-electron chi connectivity index (χ1n) is 19.3. The molecule has 2 aliphatic rings. The Labute approximate surface area is 317 Å². The van der Waals surface area contributed by atoms with Crippen LogP contribution in [0.5, 0.6) is 0 Å². The van der Waals surface area contributed by atoms with E-state index >= 15 is 0 Å². The van der Waals surface area contributed by atoms with Gasteiger partial charge in [0.1, 0.15) is 0 Å². The van der Waals surface area contributed by atoms with E-state index in [2.05, 4.69) is 164 Å². The van der Waals surface area contributed by atoms with E-state index in [9.17, 15) is 0 Å². The van der Waals surface area contributed by atoms with Crippen molar-refractivity contribution < 1.29 is 0 Å². The van der Waals surface area contributed by atoms with E-state index < -0.39 is 0 Å². The van der Waals surface area contributed by atoms with Crippen molar-refractivity contribution in [1.82, 2.24) is 9.97 Å². The Morgan fingerprint density at radius 1 is 0.333 bits per heavy atom. The molecule has 258 valence electrons. The molecule has 1 spiro atoms. The molecule has 1 saturated carbocycles. The van der Waals surface area contributed by atoms with Crippen LogP contribution < -0.4 is 0 Å². The highest BCUT2D eigenvalue weighted by atomic mass is 14.9. The van der Waals surface area contributed by atoms with Crippen LogP contribution in [0.1, 0.15) is 43.2 Å². The Bertz CT molecular complexity index is 2600. The molecule has 8 aromatic rings. The van der Waals surface area contributed by atoms with E-state index in [1.807, 2.05) is 18.2 Å². The van der Waals surface area contributed by atoms with Gasteiger partial charge in [-0.25, -0.2) is 9.97 Å². The van der Waals surface area contributed by atoms with Gasteiger partial charge in [0, 0.05) is 22.1 Å². The van der Waals surface area contributed by atoms with Crippen molar-refractivity contribution in [1.29, 1.82) is 0 Å². The molecule has 54 heavy (non-hydrogen) atoms. The largest absolute Gasteiger partial charge is 0.228 e. The fourth-order valence-corrected chi connectivity index (χ4v) is 9.10. The number of fused-ring (bicyclic) bond motifs is 5. The van der Waals surface area contributed by atoms with Crippen LogP contribution in [0.25, 0.3) is 78.4 Å². The number of aromatic nitrogens is 2. The summed E-state index contributed by atoms with van der Waals surface area (Å²) in [5, 5.41) is 0. The fourth-order valence-electron chi connectivity index (χ4n) is 9.10. The minimum absolute atomic E-state index is 0.108. The molecule has 1 aromatic heterocycles. The van der Waals surface area contributed by atoms with Gasteiger partial charge in [-0.3, -0.25) is 0 Å². The first-order chi connectivity index (χ1) is 26.7. The van der Waals surface area contributed by atoms with Gasteiger partial charge in [0.15, 0.2) is 5.82 Å². The van der Waals surface area contributed by atoms with Gasteiger partial charge < -0.3 is 0 Å². The molecular formula is C52H40N2. The predicted octanol–water partition coefficient (Wildman–Crippen LogP) is 13.7. The number of hydrogen-bond acceptors (Lipinski definition) is 2. The third kappa shape index (κ3) is 5.67. The van der Waals surface area contributed by atoms with Crippen molar-refractivity contribution in [2.24, 2.45) is 0 Å². The normalized spacial score (nSPS) is 14.1. The summed E-state index contributed by atoms with van der Waals surface area (Å²) in [4.78, 5) is 10.2. The fraction of sp³-hybridized carbons (Fsp3) is 0.115. The minimum Gasteiger partial charge on any atom is -0.228 e. The molecular weight excluding hydrogens is 653 g/mol. The van der Waals surface area contributed by atoms with E-state index in [0.29, 0.717) is 0 Å². The molecule has 2 nitrogen and oxygen atoms in total. The molecule has 0 N–H and O–H groups in total. The second-order valence-corrected chi connectivity index (χ2v) is 14.8. The van der Waals surface area contributed by atoms with Crippen molar-refractivity contribution in [3.8, 4) is 78.4 Å². The van der Waals surface area contributed by atoms with Crippen LogP contribution >= 0.6 is 0 Å². The predicted molar refractivity (Wildman–Crippen MR) is 224 cm³/mol. The smallest absolute Gasteiger partial charge is 0.160 e. The SMILES string of the molecule is c1ccc(-c2ccc(-c3cc(-c4ccc(-c5cccc(-c6cccc7c6C6(CCCCC6)c6ccccc6-7)c5)cc4)nc(-c4ccccc4)n3)cc2)cc1. The lowest BCUT2D eigenvalue weighted by atomic mass is 9.66. The van der Waals surface area contributed by atoms with Gasteiger partial charge >= 0.3 is 0 Å². The van der Waals surface area contributed by atoms with Gasteiger partial charge in [-0.15, -0.1) is 0 Å². The molecule has 0 amide bonds. The lowest BCUT2D eigenvalue weighted by molar-refractivity contribution is 0.353. The van der Waals surface area contributed by atoms with Crippen LogP contribution in [0.4, 0.5) is 0 Å². The van der Waals surface area contributed by atoms with Crippen LogP contribution in [0.15, 0.2) is 182 Å². The molecule has 10 rings (SSSR count). The average Bonchev–Trinajstić information content (AvgIpc) is 3.53. The third-order valence-corrected chi connectivity index (χ3v) is 11.7. The highest BCUT2D eigenvalue weighted by molar-refractivity contribution is 5.89. The van der Waals surface area contributed by atoms with Crippen molar-refractivity contribution >= 4 is 0 Å². The van der Waals surface area contributed by atoms with Crippen molar-refractivity contribution in [2.45, 2.75) is 37.5 Å². The Balaban J connectivity index is 1.00. The summed E-state index contributed by atoms with van der Waals surface area (Å²) in [5.74, 6) is 0.722. The second kappa shape index (κ2) is 13.5. The molecule has 1 fully saturated rings. The first kappa shape index (κ1) is 32.3. The van der Waals surface area contributed by atoms with E-state index in [4.69, 9.17) is 9.97 Å². The van der Waals surface area contributed by atoms with Gasteiger partial charge in [0.25, 0.3) is 0 Å². The lowest BCUT2D eigenvalue weighted by Gasteiger charge is -2.37. The van der Waals surface area contributed by atoms with Gasteiger partial charge in [0.2, 0.25) is 0 Å². The molecule has 0 bridgehead atoms. The van der Waals surface area contributed by atoms with E-state index in [0.717, 1.165) is 33.9 Å². The zero-order valence-electron chi connectivity index (χ0n) is 30.3.